The lowest BCUT2D eigenvalue weighted by Gasteiger charge is -2.26. The normalized spacial score (nSPS) is 16.6. The largest absolute Gasteiger partial charge is 0.480 e. The molecule has 12 heteroatoms. The predicted molar refractivity (Wildman–Crippen MR) is 119 cm³/mol. The van der Waals surface area contributed by atoms with Crippen LogP contribution in [0.4, 0.5) is 0 Å². The second kappa shape index (κ2) is 13.0. The van der Waals surface area contributed by atoms with Crippen molar-refractivity contribution in [1.82, 2.24) is 16.0 Å². The molecular weight excluding hydrogens is 440 g/mol. The number of rotatable bonds is 12. The molecule has 178 valence electrons. The molecule has 0 radical (unpaired) electrons. The summed E-state index contributed by atoms with van der Waals surface area (Å²) in [4.78, 5) is 49.0. The summed E-state index contributed by atoms with van der Waals surface area (Å²) in [6.07, 6.45) is -2.73. The van der Waals surface area contributed by atoms with Gasteiger partial charge < -0.3 is 37.0 Å². The van der Waals surface area contributed by atoms with Crippen LogP contribution in [0.15, 0.2) is 30.3 Å². The van der Waals surface area contributed by atoms with Gasteiger partial charge in [0, 0.05) is 12.2 Å². The van der Waals surface area contributed by atoms with Gasteiger partial charge in [-0.2, -0.15) is 12.6 Å². The van der Waals surface area contributed by atoms with Gasteiger partial charge in [0.15, 0.2) is 6.04 Å². The molecule has 32 heavy (non-hydrogen) atoms. The van der Waals surface area contributed by atoms with Crippen molar-refractivity contribution in [2.75, 3.05) is 5.75 Å². The maximum Gasteiger partial charge on any atom is 0.328 e. The van der Waals surface area contributed by atoms with Crippen LogP contribution in [0.2, 0.25) is 0 Å². The molecule has 8 N–H and O–H groups in total. The maximum absolute atomic E-state index is 12.8. The summed E-state index contributed by atoms with van der Waals surface area (Å²) in [6, 6.07) is 3.31. The zero-order valence-corrected chi connectivity index (χ0v) is 18.7. The Kier molecular flexibility index (Phi) is 11.1. The van der Waals surface area contributed by atoms with E-state index in [-0.39, 0.29) is 12.2 Å². The van der Waals surface area contributed by atoms with Gasteiger partial charge in [-0.05, 0) is 19.4 Å². The van der Waals surface area contributed by atoms with Crippen molar-refractivity contribution < 1.29 is 34.5 Å². The highest BCUT2D eigenvalue weighted by Gasteiger charge is 2.33. The van der Waals surface area contributed by atoms with E-state index in [1.807, 2.05) is 0 Å². The minimum absolute atomic E-state index is 0.00887. The Balaban J connectivity index is 3.09. The van der Waals surface area contributed by atoms with E-state index in [2.05, 4.69) is 28.6 Å². The molecule has 0 aliphatic heterocycles. The maximum atomic E-state index is 12.8. The topological polar surface area (TPSA) is 191 Å². The summed E-state index contributed by atoms with van der Waals surface area (Å²) in [5, 5.41) is 35.8. The summed E-state index contributed by atoms with van der Waals surface area (Å²) in [7, 11) is 0. The highest BCUT2D eigenvalue weighted by Crippen LogP contribution is 2.06. The van der Waals surface area contributed by atoms with Gasteiger partial charge in [0.05, 0.1) is 18.2 Å². The van der Waals surface area contributed by atoms with Gasteiger partial charge in [-0.15, -0.1) is 0 Å². The quantitative estimate of drug-likeness (QED) is 0.158. The van der Waals surface area contributed by atoms with Crippen LogP contribution < -0.4 is 21.7 Å². The van der Waals surface area contributed by atoms with Gasteiger partial charge in [-0.25, -0.2) is 4.79 Å². The zero-order chi connectivity index (χ0) is 24.4. The van der Waals surface area contributed by atoms with E-state index in [1.165, 1.54) is 13.8 Å². The molecule has 6 unspecified atom stereocenters. The molecule has 0 saturated carbocycles. The molecule has 11 nitrogen and oxygen atoms in total. The van der Waals surface area contributed by atoms with Crippen LogP contribution in [0, 0.1) is 0 Å². The Hall–Kier alpha value is -2.67. The molecule has 0 aromatic heterocycles. The van der Waals surface area contributed by atoms with Gasteiger partial charge >= 0.3 is 5.97 Å². The monoisotopic (exact) mass is 470 g/mol. The van der Waals surface area contributed by atoms with Crippen molar-refractivity contribution >= 4 is 36.3 Å². The van der Waals surface area contributed by atoms with Crippen LogP contribution in [-0.2, 0) is 25.6 Å². The number of hydrogen-bond acceptors (Lipinski definition) is 8. The fraction of sp³-hybridized carbons (Fsp3) is 0.500. The number of nitrogens with one attached hydrogen (secondary N) is 3. The first-order valence-electron chi connectivity index (χ1n) is 9.88. The third-order valence-electron chi connectivity index (χ3n) is 4.56. The summed E-state index contributed by atoms with van der Waals surface area (Å²) in [5.41, 5.74) is 6.24. The van der Waals surface area contributed by atoms with E-state index < -0.39 is 60.1 Å². The minimum Gasteiger partial charge on any atom is -0.480 e. The number of aliphatic hydroxyl groups excluding tert-OH is 2. The fourth-order valence-corrected chi connectivity index (χ4v) is 2.88. The van der Waals surface area contributed by atoms with E-state index in [1.54, 1.807) is 30.3 Å². The van der Waals surface area contributed by atoms with Crippen molar-refractivity contribution in [3.63, 3.8) is 0 Å². The van der Waals surface area contributed by atoms with Crippen LogP contribution in [0.25, 0.3) is 0 Å². The van der Waals surface area contributed by atoms with Gasteiger partial charge in [0.2, 0.25) is 17.7 Å². The molecule has 0 saturated heterocycles. The zero-order valence-electron chi connectivity index (χ0n) is 17.8. The van der Waals surface area contributed by atoms with Gasteiger partial charge in [0.1, 0.15) is 12.1 Å². The first-order chi connectivity index (χ1) is 15.0. The molecule has 0 fully saturated rings. The minimum atomic E-state index is -1.60. The van der Waals surface area contributed by atoms with Crippen LogP contribution in [-0.4, -0.2) is 81.1 Å². The van der Waals surface area contributed by atoms with Crippen LogP contribution >= 0.6 is 12.6 Å². The van der Waals surface area contributed by atoms with E-state index >= 15 is 0 Å². The number of aliphatic carboxylic acids is 1. The Bertz CT molecular complexity index is 791. The average Bonchev–Trinajstić information content (AvgIpc) is 2.74. The summed E-state index contributed by atoms with van der Waals surface area (Å²) >= 11 is 3.91. The Morgan fingerprint density at radius 3 is 1.91 bits per heavy atom. The Labute approximate surface area is 191 Å². The highest BCUT2D eigenvalue weighted by molar-refractivity contribution is 7.80. The summed E-state index contributed by atoms with van der Waals surface area (Å²) in [5.74, 6) is -3.90. The molecule has 3 amide bonds. The summed E-state index contributed by atoms with van der Waals surface area (Å²) < 4.78 is 0. The third-order valence-corrected chi connectivity index (χ3v) is 4.95. The molecule has 0 heterocycles. The van der Waals surface area contributed by atoms with E-state index in [4.69, 9.17) is 5.73 Å². The third kappa shape index (κ3) is 8.46. The second-order valence-electron chi connectivity index (χ2n) is 7.33. The molecule has 0 spiro atoms. The van der Waals surface area contributed by atoms with E-state index in [0.29, 0.717) is 5.56 Å². The number of nitrogens with two attached hydrogens (primary N) is 1. The number of thiol groups is 1. The molecule has 0 bridgehead atoms. The average molecular weight is 471 g/mol. The molecule has 6 atom stereocenters. The van der Waals surface area contributed by atoms with Crippen LogP contribution in [0.5, 0.6) is 0 Å². The molecule has 0 aliphatic carbocycles. The number of carbonyl (C=O) groups excluding carboxylic acids is 3. The smallest absolute Gasteiger partial charge is 0.328 e. The molecular formula is C20H30N4O7S. The van der Waals surface area contributed by atoms with Crippen molar-refractivity contribution in [2.45, 2.75) is 56.6 Å². The number of aliphatic hydroxyl groups is 2. The molecule has 1 rings (SSSR count). The Morgan fingerprint density at radius 2 is 1.44 bits per heavy atom. The SMILES string of the molecule is CC(O)C(NC(=O)C(Cc1ccccc1)NC(=O)C(NC(=O)C(N)CS)C(C)O)C(=O)O. The number of carboxylic acid groups (broad SMARTS) is 1. The number of hydrogen-bond donors (Lipinski definition) is 8. The standard InChI is InChI=1S/C20H30N4O7S/c1-10(25)15(23-17(27)13(21)9-32)19(29)22-14(8-12-6-4-3-5-7-12)18(28)24-16(11(2)26)20(30)31/h3-7,10-11,13-16,25-26,32H,8-9,21H2,1-2H3,(H,22,29)(H,23,27)(H,24,28)(H,30,31). The van der Waals surface area contributed by atoms with Crippen molar-refractivity contribution in [1.29, 1.82) is 0 Å². The first-order valence-corrected chi connectivity index (χ1v) is 10.5. The number of carboxylic acids is 1. The number of benzene rings is 1. The Morgan fingerprint density at radius 1 is 0.906 bits per heavy atom. The molecule has 1 aromatic carbocycles. The lowest BCUT2D eigenvalue weighted by Crippen LogP contribution is -2.61. The number of carbonyl (C=O) groups is 4. The van der Waals surface area contributed by atoms with E-state index in [0.717, 1.165) is 0 Å². The second-order valence-corrected chi connectivity index (χ2v) is 7.70. The lowest BCUT2D eigenvalue weighted by molar-refractivity contribution is -0.145. The number of amides is 3. The molecule has 0 aliphatic rings. The first kappa shape index (κ1) is 27.4. The van der Waals surface area contributed by atoms with Gasteiger partial charge in [0.25, 0.3) is 0 Å². The lowest BCUT2D eigenvalue weighted by atomic mass is 10.0. The van der Waals surface area contributed by atoms with Gasteiger partial charge in [-0.3, -0.25) is 14.4 Å². The van der Waals surface area contributed by atoms with Crippen molar-refractivity contribution in [3.05, 3.63) is 35.9 Å². The summed E-state index contributed by atoms with van der Waals surface area (Å²) in [6.45, 7) is 2.48. The highest BCUT2D eigenvalue weighted by atomic mass is 32.1. The van der Waals surface area contributed by atoms with E-state index in [9.17, 15) is 34.5 Å². The van der Waals surface area contributed by atoms with Crippen LogP contribution in [0.3, 0.4) is 0 Å². The predicted octanol–water partition coefficient (Wildman–Crippen LogP) is -2.21. The fourth-order valence-electron chi connectivity index (χ4n) is 2.71. The van der Waals surface area contributed by atoms with Crippen molar-refractivity contribution in [2.24, 2.45) is 5.73 Å². The van der Waals surface area contributed by atoms with Crippen molar-refractivity contribution in [3.8, 4) is 0 Å². The van der Waals surface area contributed by atoms with Crippen LogP contribution in [0.1, 0.15) is 19.4 Å². The molecule has 1 aromatic rings. The van der Waals surface area contributed by atoms with Gasteiger partial charge in [-0.1, -0.05) is 30.3 Å².